The minimum absolute atomic E-state index is 0. The predicted molar refractivity (Wildman–Crippen MR) is 41.3 cm³/mol. The average Bonchev–Trinajstić information content (AvgIpc) is 2.03. The molecule has 0 bridgehead atoms. The summed E-state index contributed by atoms with van der Waals surface area (Å²) in [4.78, 5) is 9.73. The van der Waals surface area contributed by atoms with Gasteiger partial charge in [0.25, 0.3) is 0 Å². The first-order valence-corrected chi connectivity index (χ1v) is 3.17. The molecule has 1 aromatic rings. The van der Waals surface area contributed by atoms with Crippen LogP contribution in [0.4, 0.5) is 5.69 Å². The molecule has 13 heavy (non-hydrogen) atoms. The number of para-hydroxylation sites is 1. The van der Waals surface area contributed by atoms with Gasteiger partial charge in [-0.05, 0) is 6.07 Å². The number of phenolic OH excluding ortho intramolecular Hbond substituents is 1. The summed E-state index contributed by atoms with van der Waals surface area (Å²) < 4.78 is 4.65. The zero-order valence-electron chi connectivity index (χ0n) is 7.35. The molecule has 0 atom stereocenters. The van der Waals surface area contributed by atoms with Crippen molar-refractivity contribution in [2.24, 2.45) is 0 Å². The third kappa shape index (κ3) is 2.58. The van der Waals surface area contributed by atoms with Crippen molar-refractivity contribution in [2.75, 3.05) is 7.11 Å². The number of phenols is 1. The van der Waals surface area contributed by atoms with Crippen LogP contribution in [0.25, 0.3) is 0 Å². The van der Waals surface area contributed by atoms with Crippen LogP contribution in [0.3, 0.4) is 0 Å². The van der Waals surface area contributed by atoms with Crippen LogP contribution in [0.2, 0.25) is 0 Å². The van der Waals surface area contributed by atoms with E-state index in [1.807, 2.05) is 0 Å². The van der Waals surface area contributed by atoms with E-state index >= 15 is 0 Å². The zero-order chi connectivity index (χ0) is 9.14. The van der Waals surface area contributed by atoms with Gasteiger partial charge in [0, 0.05) is 6.07 Å². The number of nitro groups is 1. The summed E-state index contributed by atoms with van der Waals surface area (Å²) in [7, 11) is 1.27. The predicted octanol–water partition coefficient (Wildman–Crippen LogP) is -1.69. The Bertz CT molecular complexity index is 315. The second kappa shape index (κ2) is 5.06. The van der Waals surface area contributed by atoms with Crippen molar-refractivity contribution in [3.8, 4) is 11.5 Å². The van der Waals surface area contributed by atoms with Crippen molar-refractivity contribution in [1.82, 2.24) is 0 Å². The van der Waals surface area contributed by atoms with E-state index in [4.69, 9.17) is 5.11 Å². The van der Waals surface area contributed by atoms with Crippen molar-refractivity contribution < 1.29 is 44.3 Å². The van der Waals surface area contributed by atoms with Crippen LogP contribution in [0, 0.1) is 10.1 Å². The van der Waals surface area contributed by atoms with Crippen LogP contribution in [0.5, 0.6) is 11.5 Å². The van der Waals surface area contributed by atoms with Crippen molar-refractivity contribution in [2.45, 2.75) is 0 Å². The number of nitrogens with zero attached hydrogens (tertiary/aromatic N) is 1. The van der Waals surface area contributed by atoms with Gasteiger partial charge in [0.05, 0.1) is 12.0 Å². The van der Waals surface area contributed by atoms with E-state index in [1.54, 1.807) is 0 Å². The van der Waals surface area contributed by atoms with Gasteiger partial charge in [-0.15, -0.1) is 0 Å². The number of ether oxygens (including phenoxy) is 1. The summed E-state index contributed by atoms with van der Waals surface area (Å²) in [6, 6.07) is 3.97. The van der Waals surface area contributed by atoms with Gasteiger partial charge in [0.2, 0.25) is 5.75 Å². The number of benzene rings is 1. The summed E-state index contributed by atoms with van der Waals surface area (Å²) in [5.74, 6) is -0.339. The van der Waals surface area contributed by atoms with Crippen LogP contribution in [-0.2, 0) is 0 Å². The monoisotopic (exact) mass is 192 g/mol. The molecular weight excluding hydrogens is 185 g/mol. The Morgan fingerprint density at radius 2 is 2.15 bits per heavy atom. The second-order valence-corrected chi connectivity index (χ2v) is 2.09. The van der Waals surface area contributed by atoms with Crippen LogP contribution in [0.1, 0.15) is 0 Å². The van der Waals surface area contributed by atoms with E-state index in [9.17, 15) is 10.1 Å². The molecular formula is C7H7NNaO4+. The molecule has 0 fully saturated rings. The molecule has 0 aliphatic carbocycles. The van der Waals surface area contributed by atoms with E-state index < -0.39 is 4.92 Å². The fraction of sp³-hybridized carbons (Fsp3) is 0.143. The Morgan fingerprint density at radius 1 is 1.54 bits per heavy atom. The van der Waals surface area contributed by atoms with Crippen molar-refractivity contribution >= 4 is 5.69 Å². The van der Waals surface area contributed by atoms with E-state index in [2.05, 4.69) is 4.74 Å². The molecule has 0 unspecified atom stereocenters. The normalized spacial score (nSPS) is 8.69. The zero-order valence-corrected chi connectivity index (χ0v) is 9.35. The SMILES string of the molecule is COc1c(O)cccc1[N+](=O)[O-].[Na+]. The van der Waals surface area contributed by atoms with Gasteiger partial charge in [0.15, 0.2) is 5.75 Å². The Kier molecular flexibility index (Phi) is 4.76. The molecule has 0 radical (unpaired) electrons. The molecule has 0 aliphatic rings. The number of hydrogen-bond acceptors (Lipinski definition) is 4. The summed E-state index contributed by atoms with van der Waals surface area (Å²) in [5.41, 5.74) is -0.238. The number of methoxy groups -OCH3 is 1. The van der Waals surface area contributed by atoms with Gasteiger partial charge in [-0.2, -0.15) is 0 Å². The average molecular weight is 192 g/mol. The Balaban J connectivity index is 0.00000144. The first-order valence-electron chi connectivity index (χ1n) is 3.17. The van der Waals surface area contributed by atoms with Gasteiger partial charge in [-0.3, -0.25) is 10.1 Å². The summed E-state index contributed by atoms with van der Waals surface area (Å²) in [6.45, 7) is 0. The van der Waals surface area contributed by atoms with Crippen molar-refractivity contribution in [3.05, 3.63) is 28.3 Å². The maximum absolute atomic E-state index is 10.3. The van der Waals surface area contributed by atoms with Crippen LogP contribution < -0.4 is 34.3 Å². The molecule has 5 nitrogen and oxygen atoms in total. The van der Waals surface area contributed by atoms with E-state index in [1.165, 1.54) is 25.3 Å². The first kappa shape index (κ1) is 12.2. The molecule has 0 heterocycles. The smallest absolute Gasteiger partial charge is 0.504 e. The molecule has 1 N–H and O–H groups in total. The molecule has 64 valence electrons. The molecule has 0 spiro atoms. The first-order chi connectivity index (χ1) is 5.66. The van der Waals surface area contributed by atoms with Crippen molar-refractivity contribution in [3.63, 3.8) is 0 Å². The summed E-state index contributed by atoms with van der Waals surface area (Å²) in [6.07, 6.45) is 0. The number of nitro benzene ring substituents is 1. The maximum atomic E-state index is 10.3. The van der Waals surface area contributed by atoms with Gasteiger partial charge < -0.3 is 9.84 Å². The molecule has 1 aromatic carbocycles. The number of aromatic hydroxyl groups is 1. The molecule has 0 saturated heterocycles. The Labute approximate surface area is 96.8 Å². The van der Waals surface area contributed by atoms with E-state index in [0.29, 0.717) is 0 Å². The molecule has 0 saturated carbocycles. The summed E-state index contributed by atoms with van der Waals surface area (Å²) >= 11 is 0. The van der Waals surface area contributed by atoms with Gasteiger partial charge in [0.1, 0.15) is 0 Å². The quantitative estimate of drug-likeness (QED) is 0.345. The van der Waals surface area contributed by atoms with Crippen LogP contribution in [-0.4, -0.2) is 17.1 Å². The van der Waals surface area contributed by atoms with Gasteiger partial charge in [-0.1, -0.05) is 6.07 Å². The molecule has 1 rings (SSSR count). The largest absolute Gasteiger partial charge is 1.00 e. The Morgan fingerprint density at radius 3 is 2.54 bits per heavy atom. The minimum atomic E-state index is -0.613. The molecule has 0 aromatic heterocycles. The molecule has 6 heteroatoms. The van der Waals surface area contributed by atoms with Gasteiger partial charge >= 0.3 is 35.2 Å². The number of rotatable bonds is 2. The third-order valence-electron chi connectivity index (χ3n) is 1.37. The molecule has 0 amide bonds. The summed E-state index contributed by atoms with van der Waals surface area (Å²) in [5, 5.41) is 19.5. The van der Waals surface area contributed by atoms with Crippen LogP contribution in [0.15, 0.2) is 18.2 Å². The Hall–Kier alpha value is -0.780. The van der Waals surface area contributed by atoms with E-state index in [0.717, 1.165) is 0 Å². The maximum Gasteiger partial charge on any atom is 1.00 e. The molecule has 0 aliphatic heterocycles. The fourth-order valence-electron chi connectivity index (χ4n) is 0.866. The van der Waals surface area contributed by atoms with Crippen molar-refractivity contribution in [1.29, 1.82) is 0 Å². The van der Waals surface area contributed by atoms with Gasteiger partial charge in [-0.25, -0.2) is 0 Å². The topological polar surface area (TPSA) is 72.6 Å². The van der Waals surface area contributed by atoms with E-state index in [-0.39, 0.29) is 46.7 Å². The fourth-order valence-corrected chi connectivity index (χ4v) is 0.866. The van der Waals surface area contributed by atoms with Crippen LogP contribution >= 0.6 is 0 Å². The minimum Gasteiger partial charge on any atom is -0.504 e. The third-order valence-corrected chi connectivity index (χ3v) is 1.37. The second-order valence-electron chi connectivity index (χ2n) is 2.09. The number of hydrogen-bond donors (Lipinski definition) is 1. The standard InChI is InChI=1S/C7H7NO4.Na/c1-12-7-5(8(10)11)3-2-4-6(7)9;/h2-4,9H,1H3;/q;+1.